The van der Waals surface area contributed by atoms with E-state index in [1.54, 1.807) is 24.3 Å². The molecule has 1 aliphatic heterocycles. The monoisotopic (exact) mass is 454 g/mol. The van der Waals surface area contributed by atoms with E-state index in [2.05, 4.69) is 16.0 Å². The minimum absolute atomic E-state index is 0.0386. The number of anilines is 1. The molecule has 0 atom stereocenters. The van der Waals surface area contributed by atoms with E-state index in [0.717, 1.165) is 11.1 Å². The maximum atomic E-state index is 13.7. The summed E-state index contributed by atoms with van der Waals surface area (Å²) in [7, 11) is 0. The molecule has 1 aliphatic rings. The van der Waals surface area contributed by atoms with Crippen LogP contribution >= 0.6 is 0 Å². The maximum Gasteiger partial charge on any atom is 0.325 e. The summed E-state index contributed by atoms with van der Waals surface area (Å²) in [6.07, 6.45) is 1.71. The average Bonchev–Trinajstić information content (AvgIpc) is 2.77. The molecule has 8 heteroatoms. The molecule has 3 rings (SSSR count). The molecule has 1 fully saturated rings. The standard InChI is InChI=1S/C25H31FN4O3/c1-17-7-8-22(18(2)15-17)28-25(33)29-23(31)16-30-13-10-20(11-14-30)24(32)27-12-9-19-5-3-4-6-21(19)26/h3-8,15,20H,9-14,16H2,1-2H3,(H,27,32)(H2,28,29,31,33). The van der Waals surface area contributed by atoms with Gasteiger partial charge in [-0.1, -0.05) is 35.9 Å². The van der Waals surface area contributed by atoms with Crippen molar-refractivity contribution in [3.63, 3.8) is 0 Å². The average molecular weight is 455 g/mol. The number of piperidine rings is 1. The van der Waals surface area contributed by atoms with Gasteiger partial charge in [-0.2, -0.15) is 0 Å². The van der Waals surface area contributed by atoms with E-state index in [4.69, 9.17) is 0 Å². The zero-order valence-electron chi connectivity index (χ0n) is 19.1. The fourth-order valence-electron chi connectivity index (χ4n) is 4.00. The summed E-state index contributed by atoms with van der Waals surface area (Å²) in [5.41, 5.74) is 3.26. The predicted octanol–water partition coefficient (Wildman–Crippen LogP) is 3.16. The largest absolute Gasteiger partial charge is 0.356 e. The molecule has 4 amide bonds. The van der Waals surface area contributed by atoms with Gasteiger partial charge in [-0.3, -0.25) is 19.8 Å². The molecule has 0 saturated carbocycles. The van der Waals surface area contributed by atoms with Gasteiger partial charge in [0, 0.05) is 18.2 Å². The molecule has 0 radical (unpaired) electrons. The second kappa shape index (κ2) is 11.6. The first-order valence-electron chi connectivity index (χ1n) is 11.2. The molecule has 0 aromatic heterocycles. The first kappa shape index (κ1) is 24.4. The Labute approximate surface area is 193 Å². The van der Waals surface area contributed by atoms with Gasteiger partial charge in [0.05, 0.1) is 6.54 Å². The van der Waals surface area contributed by atoms with Crippen LogP contribution in [0.3, 0.4) is 0 Å². The molecule has 1 saturated heterocycles. The third kappa shape index (κ3) is 7.39. The van der Waals surface area contributed by atoms with Crippen LogP contribution in [0.2, 0.25) is 0 Å². The highest BCUT2D eigenvalue weighted by Crippen LogP contribution is 2.18. The Balaban J connectivity index is 1.35. The smallest absolute Gasteiger partial charge is 0.325 e. The number of urea groups is 1. The molecule has 0 aliphatic carbocycles. The molecule has 0 unspecified atom stereocenters. The molecule has 2 aromatic carbocycles. The second-order valence-electron chi connectivity index (χ2n) is 8.50. The fraction of sp³-hybridized carbons (Fsp3) is 0.400. The van der Waals surface area contributed by atoms with Crippen molar-refractivity contribution in [3.05, 3.63) is 65.0 Å². The quantitative estimate of drug-likeness (QED) is 0.600. The minimum atomic E-state index is -0.559. The summed E-state index contributed by atoms with van der Waals surface area (Å²) in [5.74, 6) is -0.813. The van der Waals surface area contributed by atoms with Gasteiger partial charge in [-0.15, -0.1) is 0 Å². The first-order chi connectivity index (χ1) is 15.8. The highest BCUT2D eigenvalue weighted by atomic mass is 19.1. The lowest BCUT2D eigenvalue weighted by atomic mass is 9.96. The summed E-state index contributed by atoms with van der Waals surface area (Å²) >= 11 is 0. The van der Waals surface area contributed by atoms with E-state index in [-0.39, 0.29) is 30.1 Å². The number of rotatable bonds is 7. The van der Waals surface area contributed by atoms with Crippen molar-refractivity contribution in [2.75, 3.05) is 31.5 Å². The van der Waals surface area contributed by atoms with E-state index in [1.165, 1.54) is 6.07 Å². The minimum Gasteiger partial charge on any atom is -0.356 e. The zero-order valence-corrected chi connectivity index (χ0v) is 19.1. The molecule has 1 heterocycles. The normalized spacial score (nSPS) is 14.5. The molecule has 0 spiro atoms. The number of carbonyl (C=O) groups is 3. The van der Waals surface area contributed by atoms with Crippen molar-refractivity contribution in [3.8, 4) is 0 Å². The zero-order chi connectivity index (χ0) is 23.8. The van der Waals surface area contributed by atoms with Gasteiger partial charge in [-0.05, 0) is 69.5 Å². The second-order valence-corrected chi connectivity index (χ2v) is 8.50. The molecular formula is C25H31FN4O3. The predicted molar refractivity (Wildman–Crippen MR) is 125 cm³/mol. The number of nitrogens with zero attached hydrogens (tertiary/aromatic N) is 1. The number of aryl methyl sites for hydroxylation is 2. The van der Waals surface area contributed by atoms with E-state index in [9.17, 15) is 18.8 Å². The molecule has 3 N–H and O–H groups in total. The van der Waals surface area contributed by atoms with E-state index >= 15 is 0 Å². The number of likely N-dealkylation sites (tertiary alicyclic amines) is 1. The van der Waals surface area contributed by atoms with Crippen LogP contribution in [-0.4, -0.2) is 48.9 Å². The van der Waals surface area contributed by atoms with Crippen molar-refractivity contribution >= 4 is 23.5 Å². The van der Waals surface area contributed by atoms with E-state index in [0.29, 0.717) is 50.1 Å². The third-order valence-corrected chi connectivity index (χ3v) is 5.86. The molecule has 176 valence electrons. The Morgan fingerprint density at radius 2 is 1.79 bits per heavy atom. The summed E-state index contributed by atoms with van der Waals surface area (Å²) in [6, 6.07) is 11.6. The van der Waals surface area contributed by atoms with Crippen LogP contribution in [0.15, 0.2) is 42.5 Å². The van der Waals surface area contributed by atoms with Gasteiger partial charge in [0.2, 0.25) is 11.8 Å². The number of halogens is 1. The molecule has 0 bridgehead atoms. The Morgan fingerprint density at radius 1 is 1.06 bits per heavy atom. The number of benzene rings is 2. The van der Waals surface area contributed by atoms with Gasteiger partial charge >= 0.3 is 6.03 Å². The fourth-order valence-corrected chi connectivity index (χ4v) is 4.00. The molecule has 33 heavy (non-hydrogen) atoms. The molecule has 7 nitrogen and oxygen atoms in total. The summed E-state index contributed by atoms with van der Waals surface area (Å²) in [5, 5.41) is 7.94. The maximum absolute atomic E-state index is 13.7. The lowest BCUT2D eigenvalue weighted by Crippen LogP contribution is -2.46. The highest BCUT2D eigenvalue weighted by Gasteiger charge is 2.26. The number of hydrogen-bond acceptors (Lipinski definition) is 4. The highest BCUT2D eigenvalue weighted by molar-refractivity contribution is 6.02. The lowest BCUT2D eigenvalue weighted by molar-refractivity contribution is -0.126. The number of amides is 4. The van der Waals surface area contributed by atoms with Crippen molar-refractivity contribution in [2.24, 2.45) is 5.92 Å². The van der Waals surface area contributed by atoms with Gasteiger partial charge in [0.25, 0.3) is 0 Å². The number of nitrogens with one attached hydrogen (secondary N) is 3. The van der Waals surface area contributed by atoms with Crippen LogP contribution in [0.4, 0.5) is 14.9 Å². The Kier molecular flexibility index (Phi) is 8.54. The number of carbonyl (C=O) groups excluding carboxylic acids is 3. The van der Waals surface area contributed by atoms with Crippen LogP contribution in [0.25, 0.3) is 0 Å². The van der Waals surface area contributed by atoms with Crippen molar-refractivity contribution in [2.45, 2.75) is 33.1 Å². The van der Waals surface area contributed by atoms with Crippen molar-refractivity contribution < 1.29 is 18.8 Å². The van der Waals surface area contributed by atoms with Gasteiger partial charge in [0.1, 0.15) is 5.82 Å². The topological polar surface area (TPSA) is 90.5 Å². The van der Waals surface area contributed by atoms with Crippen LogP contribution in [-0.2, 0) is 16.0 Å². The number of imide groups is 1. The van der Waals surface area contributed by atoms with Crippen molar-refractivity contribution in [1.82, 2.24) is 15.5 Å². The SMILES string of the molecule is Cc1ccc(NC(=O)NC(=O)CN2CCC(C(=O)NCCc3ccccc3F)CC2)c(C)c1. The van der Waals surface area contributed by atoms with Crippen molar-refractivity contribution in [1.29, 1.82) is 0 Å². The van der Waals surface area contributed by atoms with Gasteiger partial charge in [-0.25, -0.2) is 9.18 Å². The molecular weight excluding hydrogens is 423 g/mol. The Morgan fingerprint density at radius 3 is 2.48 bits per heavy atom. The van der Waals surface area contributed by atoms with Crippen LogP contribution in [0.5, 0.6) is 0 Å². The summed E-state index contributed by atoms with van der Waals surface area (Å²) < 4.78 is 13.7. The van der Waals surface area contributed by atoms with Crippen LogP contribution in [0, 0.1) is 25.6 Å². The summed E-state index contributed by atoms with van der Waals surface area (Å²) in [4.78, 5) is 38.7. The Bertz CT molecular complexity index is 1000. The van der Waals surface area contributed by atoms with E-state index in [1.807, 2.05) is 30.9 Å². The Hall–Kier alpha value is -3.26. The van der Waals surface area contributed by atoms with E-state index < -0.39 is 6.03 Å². The molecule has 2 aromatic rings. The third-order valence-electron chi connectivity index (χ3n) is 5.86. The van der Waals surface area contributed by atoms with Crippen LogP contribution < -0.4 is 16.0 Å². The lowest BCUT2D eigenvalue weighted by Gasteiger charge is -2.30. The van der Waals surface area contributed by atoms with Crippen LogP contribution in [0.1, 0.15) is 29.5 Å². The van der Waals surface area contributed by atoms with Gasteiger partial charge < -0.3 is 10.6 Å². The number of hydrogen-bond donors (Lipinski definition) is 3. The first-order valence-corrected chi connectivity index (χ1v) is 11.2. The van der Waals surface area contributed by atoms with Gasteiger partial charge in [0.15, 0.2) is 0 Å². The summed E-state index contributed by atoms with van der Waals surface area (Å²) in [6.45, 7) is 5.54.